The Kier molecular flexibility index (Phi) is 2.97. The van der Waals surface area contributed by atoms with Gasteiger partial charge in [0.25, 0.3) is 0 Å². The van der Waals surface area contributed by atoms with Crippen molar-refractivity contribution in [2.45, 2.75) is 13.3 Å². The van der Waals surface area contributed by atoms with Crippen molar-refractivity contribution in [1.29, 1.82) is 0 Å². The van der Waals surface area contributed by atoms with E-state index >= 15 is 0 Å². The van der Waals surface area contributed by atoms with Crippen LogP contribution in [0, 0.1) is 0 Å². The summed E-state index contributed by atoms with van der Waals surface area (Å²) in [5.41, 5.74) is 5.50. The van der Waals surface area contributed by atoms with Gasteiger partial charge in [-0.1, -0.05) is 48.5 Å². The Balaban J connectivity index is 2.06. The SMILES string of the molecule is CCOC(=O)c1cc2ccccc2c2c1Cc1ccccc1-2. The fourth-order valence-corrected chi connectivity index (χ4v) is 3.38. The molecule has 0 aromatic heterocycles. The van der Waals surface area contributed by atoms with Crippen LogP contribution in [0.15, 0.2) is 54.6 Å². The lowest BCUT2D eigenvalue weighted by Crippen LogP contribution is -2.08. The van der Waals surface area contributed by atoms with Gasteiger partial charge in [-0.15, -0.1) is 0 Å². The zero-order valence-electron chi connectivity index (χ0n) is 12.4. The fourth-order valence-electron chi connectivity index (χ4n) is 3.38. The molecule has 0 aliphatic heterocycles. The highest BCUT2D eigenvalue weighted by molar-refractivity contribution is 6.07. The van der Waals surface area contributed by atoms with Gasteiger partial charge in [0.1, 0.15) is 0 Å². The zero-order valence-corrected chi connectivity index (χ0v) is 12.4. The molecule has 1 aliphatic rings. The number of carbonyl (C=O) groups excluding carboxylic acids is 1. The molecule has 2 nitrogen and oxygen atoms in total. The van der Waals surface area contributed by atoms with E-state index in [1.54, 1.807) is 0 Å². The minimum Gasteiger partial charge on any atom is -0.462 e. The maximum atomic E-state index is 12.4. The van der Waals surface area contributed by atoms with Crippen molar-refractivity contribution in [1.82, 2.24) is 0 Å². The van der Waals surface area contributed by atoms with Gasteiger partial charge in [-0.05, 0) is 52.4 Å². The number of esters is 1. The molecule has 1 aliphatic carbocycles. The lowest BCUT2D eigenvalue weighted by molar-refractivity contribution is 0.0525. The second-order valence-corrected chi connectivity index (χ2v) is 5.55. The third-order valence-electron chi connectivity index (χ3n) is 4.31. The van der Waals surface area contributed by atoms with Gasteiger partial charge in [-0.3, -0.25) is 0 Å². The van der Waals surface area contributed by atoms with Crippen molar-refractivity contribution in [3.63, 3.8) is 0 Å². The highest BCUT2D eigenvalue weighted by Crippen LogP contribution is 2.43. The average molecular weight is 288 g/mol. The highest BCUT2D eigenvalue weighted by atomic mass is 16.5. The third-order valence-corrected chi connectivity index (χ3v) is 4.31. The summed E-state index contributed by atoms with van der Waals surface area (Å²) in [4.78, 5) is 12.4. The van der Waals surface area contributed by atoms with Crippen LogP contribution in [0.1, 0.15) is 28.4 Å². The van der Waals surface area contributed by atoms with Crippen LogP contribution in [-0.2, 0) is 11.2 Å². The molecule has 0 saturated carbocycles. The number of rotatable bonds is 2. The number of carbonyl (C=O) groups is 1. The molecule has 0 radical (unpaired) electrons. The minimum absolute atomic E-state index is 0.225. The summed E-state index contributed by atoms with van der Waals surface area (Å²) >= 11 is 0. The van der Waals surface area contributed by atoms with E-state index in [2.05, 4.69) is 36.4 Å². The maximum absolute atomic E-state index is 12.4. The van der Waals surface area contributed by atoms with Crippen molar-refractivity contribution in [2.24, 2.45) is 0 Å². The van der Waals surface area contributed by atoms with Crippen molar-refractivity contribution in [3.05, 3.63) is 71.3 Å². The largest absolute Gasteiger partial charge is 0.462 e. The molecule has 4 rings (SSSR count). The van der Waals surface area contributed by atoms with Crippen molar-refractivity contribution < 1.29 is 9.53 Å². The van der Waals surface area contributed by atoms with Crippen LogP contribution >= 0.6 is 0 Å². The van der Waals surface area contributed by atoms with E-state index in [1.807, 2.05) is 25.1 Å². The van der Waals surface area contributed by atoms with E-state index < -0.39 is 0 Å². The van der Waals surface area contributed by atoms with E-state index in [-0.39, 0.29) is 5.97 Å². The van der Waals surface area contributed by atoms with E-state index in [4.69, 9.17) is 4.74 Å². The smallest absolute Gasteiger partial charge is 0.338 e. The Morgan fingerprint density at radius 1 is 1.09 bits per heavy atom. The Hall–Kier alpha value is -2.61. The first-order valence-corrected chi connectivity index (χ1v) is 7.59. The van der Waals surface area contributed by atoms with Crippen LogP contribution in [0.3, 0.4) is 0 Å². The summed E-state index contributed by atoms with van der Waals surface area (Å²) in [6.07, 6.45) is 0.796. The van der Waals surface area contributed by atoms with Crippen LogP contribution in [0.5, 0.6) is 0 Å². The van der Waals surface area contributed by atoms with Crippen molar-refractivity contribution in [2.75, 3.05) is 6.61 Å². The Labute approximate surface area is 129 Å². The van der Waals surface area contributed by atoms with Gasteiger partial charge in [0.2, 0.25) is 0 Å². The molecule has 0 saturated heterocycles. The summed E-state index contributed by atoms with van der Waals surface area (Å²) < 4.78 is 5.26. The molecular weight excluding hydrogens is 272 g/mol. The summed E-state index contributed by atoms with van der Waals surface area (Å²) in [6, 6.07) is 18.6. The van der Waals surface area contributed by atoms with E-state index in [1.165, 1.54) is 22.1 Å². The van der Waals surface area contributed by atoms with Gasteiger partial charge in [0.05, 0.1) is 12.2 Å². The van der Waals surface area contributed by atoms with E-state index in [0.29, 0.717) is 12.2 Å². The van der Waals surface area contributed by atoms with Crippen molar-refractivity contribution in [3.8, 4) is 11.1 Å². The molecule has 108 valence electrons. The van der Waals surface area contributed by atoms with Gasteiger partial charge in [-0.2, -0.15) is 0 Å². The Morgan fingerprint density at radius 3 is 2.73 bits per heavy atom. The molecule has 2 heteroatoms. The van der Waals surface area contributed by atoms with Crippen molar-refractivity contribution >= 4 is 16.7 Å². The number of hydrogen-bond donors (Lipinski definition) is 0. The summed E-state index contributed by atoms with van der Waals surface area (Å²) in [7, 11) is 0. The Morgan fingerprint density at radius 2 is 1.86 bits per heavy atom. The van der Waals surface area contributed by atoms with Gasteiger partial charge < -0.3 is 4.74 Å². The molecular formula is C20H16O2. The van der Waals surface area contributed by atoms with Crippen LogP contribution < -0.4 is 0 Å². The molecule has 0 atom stereocenters. The molecule has 0 fully saturated rings. The lowest BCUT2D eigenvalue weighted by Gasteiger charge is -2.12. The number of benzene rings is 3. The lowest BCUT2D eigenvalue weighted by atomic mass is 9.94. The topological polar surface area (TPSA) is 26.3 Å². The minimum atomic E-state index is -0.225. The highest BCUT2D eigenvalue weighted by Gasteiger charge is 2.26. The number of ether oxygens (including phenoxy) is 1. The van der Waals surface area contributed by atoms with Crippen LogP contribution in [0.4, 0.5) is 0 Å². The maximum Gasteiger partial charge on any atom is 0.338 e. The summed E-state index contributed by atoms with van der Waals surface area (Å²) in [6.45, 7) is 2.24. The first kappa shape index (κ1) is 13.1. The van der Waals surface area contributed by atoms with Gasteiger partial charge in [0.15, 0.2) is 0 Å². The first-order chi connectivity index (χ1) is 10.8. The molecule has 0 heterocycles. The fraction of sp³-hybridized carbons (Fsp3) is 0.150. The average Bonchev–Trinajstić information content (AvgIpc) is 2.94. The summed E-state index contributed by atoms with van der Waals surface area (Å²) in [5, 5.41) is 2.29. The zero-order chi connectivity index (χ0) is 15.1. The Bertz CT molecular complexity index is 893. The normalized spacial score (nSPS) is 12.0. The molecule has 0 N–H and O–H groups in total. The standard InChI is InChI=1S/C20H16O2/c1-2-22-20(21)18-12-14-8-4-6-10-16(14)19-15-9-5-3-7-13(15)11-17(18)19/h3-10,12H,2,11H2,1H3. The van der Waals surface area contributed by atoms with Crippen LogP contribution in [0.2, 0.25) is 0 Å². The molecule has 3 aromatic rings. The molecule has 3 aromatic carbocycles. The van der Waals surface area contributed by atoms with E-state index in [0.717, 1.165) is 17.4 Å². The monoisotopic (exact) mass is 288 g/mol. The molecule has 0 bridgehead atoms. The number of fused-ring (bicyclic) bond motifs is 5. The van der Waals surface area contributed by atoms with Crippen LogP contribution in [0.25, 0.3) is 21.9 Å². The van der Waals surface area contributed by atoms with Crippen LogP contribution in [-0.4, -0.2) is 12.6 Å². The molecule has 0 amide bonds. The number of hydrogen-bond acceptors (Lipinski definition) is 2. The first-order valence-electron chi connectivity index (χ1n) is 7.59. The molecule has 22 heavy (non-hydrogen) atoms. The van der Waals surface area contributed by atoms with Gasteiger partial charge in [-0.25, -0.2) is 4.79 Å². The predicted molar refractivity (Wildman–Crippen MR) is 88.1 cm³/mol. The van der Waals surface area contributed by atoms with Gasteiger partial charge in [0, 0.05) is 0 Å². The molecule has 0 spiro atoms. The second-order valence-electron chi connectivity index (χ2n) is 5.55. The quantitative estimate of drug-likeness (QED) is 0.504. The van der Waals surface area contributed by atoms with E-state index in [9.17, 15) is 4.79 Å². The molecule has 0 unspecified atom stereocenters. The third kappa shape index (κ3) is 1.84. The van der Waals surface area contributed by atoms with Gasteiger partial charge >= 0.3 is 5.97 Å². The second kappa shape index (κ2) is 4.99. The summed E-state index contributed by atoms with van der Waals surface area (Å²) in [5.74, 6) is -0.225. The predicted octanol–water partition coefficient (Wildman–Crippen LogP) is 4.59.